The van der Waals surface area contributed by atoms with Crippen molar-refractivity contribution in [2.24, 2.45) is 0 Å². The molecule has 1 unspecified atom stereocenters. The molecule has 0 spiro atoms. The van der Waals surface area contributed by atoms with Gasteiger partial charge in [-0.2, -0.15) is 10.2 Å². The van der Waals surface area contributed by atoms with E-state index in [0.29, 0.717) is 0 Å². The van der Waals surface area contributed by atoms with Gasteiger partial charge in [-0.05, 0) is 31.9 Å². The van der Waals surface area contributed by atoms with Crippen molar-refractivity contribution in [2.45, 2.75) is 65.2 Å². The Morgan fingerprint density at radius 2 is 1.81 bits per heavy atom. The van der Waals surface area contributed by atoms with E-state index in [-0.39, 0.29) is 5.41 Å². The van der Waals surface area contributed by atoms with Crippen LogP contribution in [0.15, 0.2) is 12.1 Å². The summed E-state index contributed by atoms with van der Waals surface area (Å²) in [7, 11) is 0. The molecule has 0 saturated heterocycles. The number of unbranched alkanes of at least 4 members (excludes halogenated alkanes) is 1. The Kier molecular flexibility index (Phi) is 4.91. The topological polar surface area (TPSA) is 25.8 Å². The van der Waals surface area contributed by atoms with Crippen LogP contribution in [0.4, 0.5) is 0 Å². The zero-order valence-electron chi connectivity index (χ0n) is 11.1. The molecule has 1 aromatic heterocycles. The van der Waals surface area contributed by atoms with Gasteiger partial charge in [-0.3, -0.25) is 0 Å². The van der Waals surface area contributed by atoms with Gasteiger partial charge >= 0.3 is 0 Å². The molecule has 0 bridgehead atoms. The third-order valence-electron chi connectivity index (χ3n) is 3.30. The van der Waals surface area contributed by atoms with E-state index in [1.165, 1.54) is 32.1 Å². The average molecular weight is 220 g/mol. The summed E-state index contributed by atoms with van der Waals surface area (Å²) in [5, 5.41) is 8.56. The van der Waals surface area contributed by atoms with Crippen molar-refractivity contribution in [3.63, 3.8) is 0 Å². The first-order valence-corrected chi connectivity index (χ1v) is 6.43. The van der Waals surface area contributed by atoms with Crippen LogP contribution >= 0.6 is 0 Å². The fourth-order valence-corrected chi connectivity index (χ4v) is 2.22. The van der Waals surface area contributed by atoms with Crippen LogP contribution in [0.25, 0.3) is 0 Å². The number of hydrogen-bond acceptors (Lipinski definition) is 2. The molecular formula is C14H24N2. The Bertz CT molecular complexity index is 305. The minimum Gasteiger partial charge on any atom is -0.156 e. The molecule has 0 aliphatic carbocycles. The first-order chi connectivity index (χ1) is 7.62. The van der Waals surface area contributed by atoms with Crippen LogP contribution < -0.4 is 0 Å². The zero-order valence-corrected chi connectivity index (χ0v) is 11.1. The lowest BCUT2D eigenvalue weighted by Gasteiger charge is -2.28. The van der Waals surface area contributed by atoms with E-state index in [4.69, 9.17) is 0 Å². The summed E-state index contributed by atoms with van der Waals surface area (Å²) in [5.41, 5.74) is 2.37. The molecule has 1 aromatic rings. The predicted molar refractivity (Wildman–Crippen MR) is 68.6 cm³/mol. The predicted octanol–water partition coefficient (Wildman–Crippen LogP) is 4.03. The van der Waals surface area contributed by atoms with E-state index >= 15 is 0 Å². The number of hydrogen-bond donors (Lipinski definition) is 0. The van der Waals surface area contributed by atoms with Crippen molar-refractivity contribution in [2.75, 3.05) is 0 Å². The zero-order chi connectivity index (χ0) is 12.0. The Morgan fingerprint density at radius 1 is 1.06 bits per heavy atom. The standard InChI is InChI=1S/C14H24N2/c1-5-7-11-14(4,10-6-2)13-9-8-12(3)15-16-13/h8-9H,5-7,10-11H2,1-4H3. The molecule has 2 nitrogen and oxygen atoms in total. The summed E-state index contributed by atoms with van der Waals surface area (Å²) < 4.78 is 0. The molecule has 90 valence electrons. The van der Waals surface area contributed by atoms with Gasteiger partial charge < -0.3 is 0 Å². The van der Waals surface area contributed by atoms with Crippen molar-refractivity contribution in [3.8, 4) is 0 Å². The quantitative estimate of drug-likeness (QED) is 0.723. The molecule has 0 aliphatic rings. The van der Waals surface area contributed by atoms with Crippen molar-refractivity contribution in [1.29, 1.82) is 0 Å². The smallest absolute Gasteiger partial charge is 0.0690 e. The minimum absolute atomic E-state index is 0.214. The van der Waals surface area contributed by atoms with Crippen LogP contribution in [0.2, 0.25) is 0 Å². The number of rotatable bonds is 6. The molecule has 0 radical (unpaired) electrons. The number of aromatic nitrogens is 2. The van der Waals surface area contributed by atoms with Crippen molar-refractivity contribution in [1.82, 2.24) is 10.2 Å². The van der Waals surface area contributed by atoms with E-state index in [1.54, 1.807) is 0 Å². The Hall–Kier alpha value is -0.920. The summed E-state index contributed by atoms with van der Waals surface area (Å²) in [6.45, 7) is 8.80. The van der Waals surface area contributed by atoms with Gasteiger partial charge in [0.25, 0.3) is 0 Å². The summed E-state index contributed by atoms with van der Waals surface area (Å²) in [4.78, 5) is 0. The third-order valence-corrected chi connectivity index (χ3v) is 3.30. The van der Waals surface area contributed by atoms with Crippen LogP contribution in [0.1, 0.15) is 64.3 Å². The van der Waals surface area contributed by atoms with Crippen LogP contribution in [0.3, 0.4) is 0 Å². The Labute approximate surface area is 99.5 Å². The SMILES string of the molecule is CCCCC(C)(CCC)c1ccc(C)nn1. The third kappa shape index (κ3) is 3.29. The van der Waals surface area contributed by atoms with Crippen molar-refractivity contribution >= 4 is 0 Å². The molecule has 0 fully saturated rings. The maximum absolute atomic E-state index is 4.37. The van der Waals surface area contributed by atoms with Gasteiger partial charge in [-0.1, -0.05) is 40.0 Å². The highest BCUT2D eigenvalue weighted by Gasteiger charge is 2.26. The number of aryl methyl sites for hydroxylation is 1. The summed E-state index contributed by atoms with van der Waals surface area (Å²) >= 11 is 0. The molecule has 0 aromatic carbocycles. The minimum atomic E-state index is 0.214. The Balaban J connectivity index is 2.86. The van der Waals surface area contributed by atoms with Crippen LogP contribution in [-0.4, -0.2) is 10.2 Å². The highest BCUT2D eigenvalue weighted by atomic mass is 15.1. The largest absolute Gasteiger partial charge is 0.156 e. The molecule has 2 heteroatoms. The maximum Gasteiger partial charge on any atom is 0.0690 e. The lowest BCUT2D eigenvalue weighted by molar-refractivity contribution is 0.369. The van der Waals surface area contributed by atoms with Gasteiger partial charge in [0, 0.05) is 5.41 Å². The summed E-state index contributed by atoms with van der Waals surface area (Å²) in [6.07, 6.45) is 6.14. The van der Waals surface area contributed by atoms with Gasteiger partial charge in [0.05, 0.1) is 11.4 Å². The van der Waals surface area contributed by atoms with E-state index in [2.05, 4.69) is 43.1 Å². The molecular weight excluding hydrogens is 196 g/mol. The van der Waals surface area contributed by atoms with Crippen LogP contribution in [0.5, 0.6) is 0 Å². The van der Waals surface area contributed by atoms with Crippen LogP contribution in [0, 0.1) is 6.92 Å². The second kappa shape index (κ2) is 5.97. The summed E-state index contributed by atoms with van der Waals surface area (Å²) in [6, 6.07) is 4.22. The van der Waals surface area contributed by atoms with Gasteiger partial charge in [0.2, 0.25) is 0 Å². The van der Waals surface area contributed by atoms with Gasteiger partial charge in [0.1, 0.15) is 0 Å². The number of nitrogens with zero attached hydrogens (tertiary/aromatic N) is 2. The fourth-order valence-electron chi connectivity index (χ4n) is 2.22. The van der Waals surface area contributed by atoms with Gasteiger partial charge in [-0.25, -0.2) is 0 Å². The highest BCUT2D eigenvalue weighted by Crippen LogP contribution is 2.32. The van der Waals surface area contributed by atoms with Crippen molar-refractivity contribution < 1.29 is 0 Å². The van der Waals surface area contributed by atoms with Crippen molar-refractivity contribution in [3.05, 3.63) is 23.5 Å². The second-order valence-corrected chi connectivity index (χ2v) is 4.97. The van der Waals surface area contributed by atoms with E-state index in [0.717, 1.165) is 11.4 Å². The van der Waals surface area contributed by atoms with E-state index < -0.39 is 0 Å². The Morgan fingerprint density at radius 3 is 2.31 bits per heavy atom. The lowest BCUT2D eigenvalue weighted by atomic mass is 9.78. The molecule has 0 aliphatic heterocycles. The van der Waals surface area contributed by atoms with E-state index in [9.17, 15) is 0 Å². The molecule has 1 rings (SSSR count). The average Bonchev–Trinajstić information content (AvgIpc) is 2.27. The van der Waals surface area contributed by atoms with Gasteiger partial charge in [-0.15, -0.1) is 0 Å². The molecule has 16 heavy (non-hydrogen) atoms. The molecule has 1 heterocycles. The first-order valence-electron chi connectivity index (χ1n) is 6.43. The molecule has 1 atom stereocenters. The molecule has 0 saturated carbocycles. The first kappa shape index (κ1) is 13.1. The molecule has 0 amide bonds. The fraction of sp³-hybridized carbons (Fsp3) is 0.714. The summed E-state index contributed by atoms with van der Waals surface area (Å²) in [5.74, 6) is 0. The highest BCUT2D eigenvalue weighted by molar-refractivity contribution is 5.15. The normalized spacial score (nSPS) is 14.8. The van der Waals surface area contributed by atoms with Crippen LogP contribution in [-0.2, 0) is 5.41 Å². The van der Waals surface area contributed by atoms with E-state index in [1.807, 2.05) is 6.92 Å². The van der Waals surface area contributed by atoms with Gasteiger partial charge in [0.15, 0.2) is 0 Å². The monoisotopic (exact) mass is 220 g/mol. The maximum atomic E-state index is 4.37. The lowest BCUT2D eigenvalue weighted by Crippen LogP contribution is -2.23. The second-order valence-electron chi connectivity index (χ2n) is 4.97. The molecule has 0 N–H and O–H groups in total.